The molecule has 2 aromatic carbocycles. The van der Waals surface area contributed by atoms with Crippen LogP contribution in [0.15, 0.2) is 36.4 Å². The van der Waals surface area contributed by atoms with E-state index in [1.54, 1.807) is 12.1 Å². The molecular formula is C22H21Cl2N3O5. The molecule has 0 bridgehead atoms. The largest absolute Gasteiger partial charge is 0.455 e. The Hall–Kier alpha value is -3.10. The first kappa shape index (κ1) is 23.6. The third-order valence-corrected chi connectivity index (χ3v) is 5.47. The summed E-state index contributed by atoms with van der Waals surface area (Å²) in [6.07, 6.45) is -0.140. The second-order valence-corrected chi connectivity index (χ2v) is 8.32. The molecule has 0 aromatic heterocycles. The van der Waals surface area contributed by atoms with Gasteiger partial charge in [0.15, 0.2) is 6.61 Å². The first-order valence-corrected chi connectivity index (χ1v) is 10.5. The van der Waals surface area contributed by atoms with Crippen molar-refractivity contribution in [1.82, 2.24) is 10.4 Å². The number of aryl methyl sites for hydroxylation is 2. The van der Waals surface area contributed by atoms with Crippen molar-refractivity contribution >= 4 is 52.6 Å². The highest BCUT2D eigenvalue weighted by Gasteiger charge is 2.36. The Morgan fingerprint density at radius 3 is 2.41 bits per heavy atom. The Bertz CT molecular complexity index is 1070. The molecule has 1 heterocycles. The second-order valence-electron chi connectivity index (χ2n) is 7.51. The van der Waals surface area contributed by atoms with Crippen LogP contribution in [0.3, 0.4) is 0 Å². The summed E-state index contributed by atoms with van der Waals surface area (Å²) < 4.78 is 5.06. The molecule has 0 aliphatic carbocycles. The van der Waals surface area contributed by atoms with Crippen molar-refractivity contribution in [2.75, 3.05) is 18.5 Å². The number of carbonyl (C=O) groups is 4. The van der Waals surface area contributed by atoms with Gasteiger partial charge in [-0.15, -0.1) is 0 Å². The average Bonchev–Trinajstić information content (AvgIpc) is 3.07. The molecule has 8 nitrogen and oxygen atoms in total. The number of anilines is 1. The number of nitrogens with zero attached hydrogens (tertiary/aromatic N) is 1. The minimum absolute atomic E-state index is 0.0660. The summed E-state index contributed by atoms with van der Waals surface area (Å²) >= 11 is 11.7. The minimum Gasteiger partial charge on any atom is -0.455 e. The van der Waals surface area contributed by atoms with Crippen LogP contribution in [-0.2, 0) is 19.1 Å². The molecule has 168 valence electrons. The van der Waals surface area contributed by atoms with Gasteiger partial charge in [-0.1, -0.05) is 29.3 Å². The lowest BCUT2D eigenvalue weighted by atomic mass is 10.1. The van der Waals surface area contributed by atoms with E-state index in [4.69, 9.17) is 27.9 Å². The molecule has 1 aliphatic rings. The maximum atomic E-state index is 12.3. The molecule has 0 radical (unpaired) electrons. The molecular weight excluding hydrogens is 457 g/mol. The van der Waals surface area contributed by atoms with Crippen LogP contribution >= 0.6 is 23.2 Å². The standard InChI is InChI=1S/C22H21Cl2N3O5/c1-12-5-13(2)7-16(6-12)25-19(28)11-32-22(31)15-9-20(29)27(10-15)26-21(30)14-3-4-17(23)18(24)8-14/h3-8,15H,9-11H2,1-2H3,(H,25,28)(H,26,30)/t15-/m1/s1. The van der Waals surface area contributed by atoms with Crippen LogP contribution in [0.1, 0.15) is 27.9 Å². The fourth-order valence-corrected chi connectivity index (χ4v) is 3.59. The molecule has 1 atom stereocenters. The van der Waals surface area contributed by atoms with E-state index < -0.39 is 36.2 Å². The first-order valence-electron chi connectivity index (χ1n) is 9.73. The number of rotatable bonds is 6. The highest BCUT2D eigenvalue weighted by atomic mass is 35.5. The monoisotopic (exact) mass is 477 g/mol. The lowest BCUT2D eigenvalue weighted by molar-refractivity contribution is -0.151. The number of hydrogen-bond acceptors (Lipinski definition) is 5. The molecule has 1 fully saturated rings. The van der Waals surface area contributed by atoms with Crippen molar-refractivity contribution in [3.05, 3.63) is 63.1 Å². The molecule has 1 aliphatic heterocycles. The van der Waals surface area contributed by atoms with Crippen molar-refractivity contribution in [3.8, 4) is 0 Å². The molecule has 3 amide bonds. The molecule has 3 rings (SSSR count). The van der Waals surface area contributed by atoms with E-state index in [9.17, 15) is 19.2 Å². The maximum absolute atomic E-state index is 12.3. The zero-order valence-electron chi connectivity index (χ0n) is 17.4. The third kappa shape index (κ3) is 5.99. The van der Waals surface area contributed by atoms with E-state index in [0.29, 0.717) is 10.7 Å². The number of halogens is 2. The highest BCUT2D eigenvalue weighted by Crippen LogP contribution is 2.23. The zero-order valence-corrected chi connectivity index (χ0v) is 18.9. The van der Waals surface area contributed by atoms with Crippen LogP contribution in [0.4, 0.5) is 5.69 Å². The molecule has 0 spiro atoms. The van der Waals surface area contributed by atoms with E-state index in [2.05, 4.69) is 10.7 Å². The van der Waals surface area contributed by atoms with Gasteiger partial charge in [-0.25, -0.2) is 0 Å². The smallest absolute Gasteiger partial charge is 0.311 e. The predicted molar refractivity (Wildman–Crippen MR) is 119 cm³/mol. The fraction of sp³-hybridized carbons (Fsp3) is 0.273. The molecule has 0 unspecified atom stereocenters. The minimum atomic E-state index is -0.800. The maximum Gasteiger partial charge on any atom is 0.311 e. The number of nitrogens with one attached hydrogen (secondary N) is 2. The summed E-state index contributed by atoms with van der Waals surface area (Å²) in [6.45, 7) is 3.27. The summed E-state index contributed by atoms with van der Waals surface area (Å²) in [4.78, 5) is 49.0. The molecule has 0 saturated carbocycles. The second kappa shape index (κ2) is 10.0. The van der Waals surface area contributed by atoms with E-state index >= 15 is 0 Å². The van der Waals surface area contributed by atoms with Crippen molar-refractivity contribution in [2.24, 2.45) is 5.92 Å². The van der Waals surface area contributed by atoms with Gasteiger partial charge in [-0.3, -0.25) is 29.6 Å². The van der Waals surface area contributed by atoms with Gasteiger partial charge in [0.2, 0.25) is 5.91 Å². The number of hydrazine groups is 1. The molecule has 2 aromatic rings. The third-order valence-electron chi connectivity index (χ3n) is 4.73. The molecule has 32 heavy (non-hydrogen) atoms. The van der Waals surface area contributed by atoms with Crippen LogP contribution in [0.2, 0.25) is 10.0 Å². The lowest BCUT2D eigenvalue weighted by Gasteiger charge is -2.17. The van der Waals surface area contributed by atoms with Crippen molar-refractivity contribution in [3.63, 3.8) is 0 Å². The number of hydrogen-bond donors (Lipinski definition) is 2. The summed E-state index contributed by atoms with van der Waals surface area (Å²) in [7, 11) is 0. The van der Waals surface area contributed by atoms with Crippen LogP contribution in [0.25, 0.3) is 0 Å². The highest BCUT2D eigenvalue weighted by molar-refractivity contribution is 6.42. The quantitative estimate of drug-likeness (QED) is 0.621. The number of amides is 3. The van der Waals surface area contributed by atoms with Gasteiger partial charge in [0, 0.05) is 17.7 Å². The molecule has 2 N–H and O–H groups in total. The number of ether oxygens (including phenoxy) is 1. The van der Waals surface area contributed by atoms with Crippen molar-refractivity contribution in [2.45, 2.75) is 20.3 Å². The van der Waals surface area contributed by atoms with Crippen LogP contribution in [0, 0.1) is 19.8 Å². The van der Waals surface area contributed by atoms with Crippen molar-refractivity contribution in [1.29, 1.82) is 0 Å². The first-order chi connectivity index (χ1) is 15.1. The molecule has 1 saturated heterocycles. The summed E-state index contributed by atoms with van der Waals surface area (Å²) in [5.74, 6) is -3.00. The molecule has 10 heteroatoms. The van der Waals surface area contributed by atoms with E-state index in [1.807, 2.05) is 19.9 Å². The van der Waals surface area contributed by atoms with E-state index in [-0.39, 0.29) is 23.6 Å². The SMILES string of the molecule is Cc1cc(C)cc(NC(=O)COC(=O)[C@@H]2CC(=O)N(NC(=O)c3ccc(Cl)c(Cl)c3)C2)c1. The Kier molecular flexibility index (Phi) is 7.37. The predicted octanol–water partition coefficient (Wildman–Crippen LogP) is 3.29. The number of carbonyl (C=O) groups excluding carboxylic acids is 4. The topological polar surface area (TPSA) is 105 Å². The zero-order chi connectivity index (χ0) is 23.4. The van der Waals surface area contributed by atoms with E-state index in [0.717, 1.165) is 16.1 Å². The summed E-state index contributed by atoms with van der Waals surface area (Å²) in [6, 6.07) is 9.88. The fourth-order valence-electron chi connectivity index (χ4n) is 3.30. The Labute approximate surface area is 194 Å². The van der Waals surface area contributed by atoms with Gasteiger partial charge in [-0.2, -0.15) is 0 Å². The van der Waals surface area contributed by atoms with Gasteiger partial charge >= 0.3 is 5.97 Å². The van der Waals surface area contributed by atoms with Gasteiger partial charge in [0.25, 0.3) is 11.8 Å². The van der Waals surface area contributed by atoms with Gasteiger partial charge in [0.1, 0.15) is 0 Å². The normalized spacial score (nSPS) is 15.4. The number of esters is 1. The average molecular weight is 478 g/mol. The van der Waals surface area contributed by atoms with Crippen LogP contribution < -0.4 is 10.7 Å². The Morgan fingerprint density at radius 1 is 1.06 bits per heavy atom. The van der Waals surface area contributed by atoms with Gasteiger partial charge in [0.05, 0.1) is 22.5 Å². The van der Waals surface area contributed by atoms with Gasteiger partial charge in [-0.05, 0) is 55.3 Å². The van der Waals surface area contributed by atoms with Gasteiger partial charge < -0.3 is 10.1 Å². The van der Waals surface area contributed by atoms with Crippen LogP contribution in [0.5, 0.6) is 0 Å². The number of benzene rings is 2. The Balaban J connectivity index is 1.50. The Morgan fingerprint density at radius 2 is 1.75 bits per heavy atom. The lowest BCUT2D eigenvalue weighted by Crippen LogP contribution is -2.43. The van der Waals surface area contributed by atoms with E-state index in [1.165, 1.54) is 18.2 Å². The van der Waals surface area contributed by atoms with Crippen LogP contribution in [-0.4, -0.2) is 41.9 Å². The summed E-state index contributed by atoms with van der Waals surface area (Å²) in [5.41, 5.74) is 5.24. The summed E-state index contributed by atoms with van der Waals surface area (Å²) in [5, 5.41) is 4.21. The van der Waals surface area contributed by atoms with Crippen molar-refractivity contribution < 1.29 is 23.9 Å².